The molecule has 0 saturated heterocycles. The first kappa shape index (κ1) is 17.7. The number of carbonyl (C=O) groups excluding carboxylic acids is 1. The number of anilines is 2. The highest BCUT2D eigenvalue weighted by Gasteiger charge is 2.17. The number of rotatable bonds is 6. The standard InChI is InChI=1S/C16H25N7O/c1-11(2)12(3)23-14(6-7-20-23)21-16(24)22(5)10-13-8-18-15(17-4)19-9-13/h6-9,11-12H,10H2,1-5H3,(H,21,24)(H,17,18,19). The average molecular weight is 331 g/mol. The molecule has 1 unspecified atom stereocenters. The normalized spacial score (nSPS) is 12.1. The number of hydrogen-bond acceptors (Lipinski definition) is 5. The smallest absolute Gasteiger partial charge is 0.323 e. The Morgan fingerprint density at radius 3 is 2.54 bits per heavy atom. The summed E-state index contributed by atoms with van der Waals surface area (Å²) in [7, 11) is 3.49. The number of urea groups is 1. The van der Waals surface area contributed by atoms with Gasteiger partial charge in [0.05, 0.1) is 18.8 Å². The predicted octanol–water partition coefficient (Wildman–Crippen LogP) is 2.60. The minimum Gasteiger partial charge on any atom is -0.357 e. The largest absolute Gasteiger partial charge is 0.357 e. The van der Waals surface area contributed by atoms with E-state index in [1.165, 1.54) is 0 Å². The molecule has 0 fully saturated rings. The highest BCUT2D eigenvalue weighted by molar-refractivity contribution is 5.88. The molecule has 24 heavy (non-hydrogen) atoms. The van der Waals surface area contributed by atoms with Gasteiger partial charge in [-0.15, -0.1) is 0 Å². The molecule has 130 valence electrons. The molecule has 2 N–H and O–H groups in total. The lowest BCUT2D eigenvalue weighted by atomic mass is 10.1. The zero-order chi connectivity index (χ0) is 17.7. The first-order valence-corrected chi connectivity index (χ1v) is 7.96. The Labute approximate surface area is 142 Å². The van der Waals surface area contributed by atoms with Gasteiger partial charge in [0.1, 0.15) is 5.82 Å². The average Bonchev–Trinajstić information content (AvgIpc) is 3.02. The first-order chi connectivity index (χ1) is 11.4. The Bertz CT molecular complexity index is 665. The summed E-state index contributed by atoms with van der Waals surface area (Å²) < 4.78 is 1.83. The minimum absolute atomic E-state index is 0.197. The number of nitrogens with zero attached hydrogens (tertiary/aromatic N) is 5. The third-order valence-electron chi connectivity index (χ3n) is 3.95. The van der Waals surface area contributed by atoms with Crippen molar-refractivity contribution in [2.75, 3.05) is 24.7 Å². The Kier molecular flexibility index (Phi) is 5.73. The summed E-state index contributed by atoms with van der Waals surface area (Å²) in [6, 6.07) is 1.80. The molecule has 0 saturated carbocycles. The predicted molar refractivity (Wildman–Crippen MR) is 93.8 cm³/mol. The molecule has 8 nitrogen and oxygen atoms in total. The summed E-state index contributed by atoms with van der Waals surface area (Å²) in [5, 5.41) is 10.1. The minimum atomic E-state index is -0.203. The first-order valence-electron chi connectivity index (χ1n) is 7.96. The molecule has 2 aromatic heterocycles. The third kappa shape index (κ3) is 4.21. The molecule has 0 radical (unpaired) electrons. The molecular formula is C16H25N7O. The second-order valence-electron chi connectivity index (χ2n) is 6.10. The van der Waals surface area contributed by atoms with Crippen LogP contribution in [0.25, 0.3) is 0 Å². The topological polar surface area (TPSA) is 88.0 Å². The van der Waals surface area contributed by atoms with Gasteiger partial charge >= 0.3 is 6.03 Å². The van der Waals surface area contributed by atoms with Crippen molar-refractivity contribution in [1.29, 1.82) is 0 Å². The van der Waals surface area contributed by atoms with E-state index in [4.69, 9.17) is 0 Å². The highest BCUT2D eigenvalue weighted by Crippen LogP contribution is 2.21. The van der Waals surface area contributed by atoms with Crippen molar-refractivity contribution < 1.29 is 4.79 Å². The van der Waals surface area contributed by atoms with Crippen LogP contribution in [0.1, 0.15) is 32.4 Å². The number of carbonyl (C=O) groups is 1. The monoisotopic (exact) mass is 331 g/mol. The number of amides is 2. The molecule has 2 aromatic rings. The fraction of sp³-hybridized carbons (Fsp3) is 0.500. The molecule has 0 spiro atoms. The van der Waals surface area contributed by atoms with Gasteiger partial charge in [0, 0.05) is 38.1 Å². The van der Waals surface area contributed by atoms with Crippen LogP contribution >= 0.6 is 0 Å². The fourth-order valence-corrected chi connectivity index (χ4v) is 2.14. The molecule has 0 aliphatic rings. The fourth-order valence-electron chi connectivity index (χ4n) is 2.14. The molecule has 1 atom stereocenters. The number of nitrogens with one attached hydrogen (secondary N) is 2. The van der Waals surface area contributed by atoms with Crippen LogP contribution in [0.4, 0.5) is 16.6 Å². The van der Waals surface area contributed by atoms with Gasteiger partial charge in [-0.05, 0) is 12.8 Å². The lowest BCUT2D eigenvalue weighted by Crippen LogP contribution is -2.32. The van der Waals surface area contributed by atoms with Gasteiger partial charge in [-0.2, -0.15) is 5.10 Å². The maximum absolute atomic E-state index is 12.4. The van der Waals surface area contributed by atoms with Gasteiger partial charge in [0.15, 0.2) is 0 Å². The SMILES string of the molecule is CNc1ncc(CN(C)C(=O)Nc2ccnn2C(C)C(C)C)cn1. The lowest BCUT2D eigenvalue weighted by Gasteiger charge is -2.21. The van der Waals surface area contributed by atoms with Crippen LogP contribution in [-0.2, 0) is 6.54 Å². The lowest BCUT2D eigenvalue weighted by molar-refractivity contribution is 0.220. The molecule has 2 amide bonds. The second kappa shape index (κ2) is 7.76. The summed E-state index contributed by atoms with van der Waals surface area (Å²) in [4.78, 5) is 22.3. The van der Waals surface area contributed by atoms with Crippen LogP contribution in [-0.4, -0.2) is 44.8 Å². The summed E-state index contributed by atoms with van der Waals surface area (Å²) in [6.07, 6.45) is 5.10. The van der Waals surface area contributed by atoms with Crippen molar-refractivity contribution in [1.82, 2.24) is 24.6 Å². The zero-order valence-corrected chi connectivity index (χ0v) is 14.8. The third-order valence-corrected chi connectivity index (χ3v) is 3.95. The van der Waals surface area contributed by atoms with Crippen LogP contribution in [0, 0.1) is 5.92 Å². The summed E-state index contributed by atoms with van der Waals surface area (Å²) >= 11 is 0. The molecular weight excluding hydrogens is 306 g/mol. The van der Waals surface area contributed by atoms with Gasteiger partial charge in [0.2, 0.25) is 5.95 Å². The maximum Gasteiger partial charge on any atom is 0.323 e. The van der Waals surface area contributed by atoms with Crippen molar-refractivity contribution in [2.24, 2.45) is 5.92 Å². The van der Waals surface area contributed by atoms with Crippen LogP contribution in [0.5, 0.6) is 0 Å². The molecule has 2 rings (SSSR count). The van der Waals surface area contributed by atoms with Crippen LogP contribution < -0.4 is 10.6 Å². The van der Waals surface area contributed by atoms with Crippen molar-refractivity contribution in [3.05, 3.63) is 30.2 Å². The Hall–Kier alpha value is -2.64. The molecule has 2 heterocycles. The molecule has 0 bridgehead atoms. The summed E-state index contributed by atoms with van der Waals surface area (Å²) in [5.41, 5.74) is 0.857. The second-order valence-corrected chi connectivity index (χ2v) is 6.10. The van der Waals surface area contributed by atoms with E-state index in [2.05, 4.69) is 46.5 Å². The Morgan fingerprint density at radius 2 is 1.96 bits per heavy atom. The summed E-state index contributed by atoms with van der Waals surface area (Å²) in [5.74, 6) is 1.66. The molecule has 0 aromatic carbocycles. The van der Waals surface area contributed by atoms with Crippen molar-refractivity contribution in [3.63, 3.8) is 0 Å². The van der Waals surface area contributed by atoms with Crippen LogP contribution in [0.3, 0.4) is 0 Å². The summed E-state index contributed by atoms with van der Waals surface area (Å²) in [6.45, 7) is 6.75. The zero-order valence-electron chi connectivity index (χ0n) is 14.8. The van der Waals surface area contributed by atoms with Crippen molar-refractivity contribution >= 4 is 17.8 Å². The quantitative estimate of drug-likeness (QED) is 0.849. The van der Waals surface area contributed by atoms with Crippen LogP contribution in [0.15, 0.2) is 24.7 Å². The van der Waals surface area contributed by atoms with E-state index in [-0.39, 0.29) is 12.1 Å². The van der Waals surface area contributed by atoms with E-state index in [1.807, 2.05) is 4.68 Å². The molecule has 0 aliphatic carbocycles. The van der Waals surface area contributed by atoms with E-state index < -0.39 is 0 Å². The Balaban J connectivity index is 2.00. The van der Waals surface area contributed by atoms with E-state index in [9.17, 15) is 4.79 Å². The van der Waals surface area contributed by atoms with Gasteiger partial charge in [-0.25, -0.2) is 19.4 Å². The van der Waals surface area contributed by atoms with Gasteiger partial charge in [-0.3, -0.25) is 5.32 Å². The van der Waals surface area contributed by atoms with Crippen molar-refractivity contribution in [2.45, 2.75) is 33.4 Å². The Morgan fingerprint density at radius 1 is 1.29 bits per heavy atom. The van der Waals surface area contributed by atoms with E-state index in [0.717, 1.165) is 5.56 Å². The van der Waals surface area contributed by atoms with Gasteiger partial charge in [-0.1, -0.05) is 13.8 Å². The van der Waals surface area contributed by atoms with Gasteiger partial charge in [0.25, 0.3) is 0 Å². The maximum atomic E-state index is 12.4. The van der Waals surface area contributed by atoms with Crippen LogP contribution in [0.2, 0.25) is 0 Å². The van der Waals surface area contributed by atoms with E-state index >= 15 is 0 Å². The van der Waals surface area contributed by atoms with E-state index in [0.29, 0.717) is 24.2 Å². The number of aromatic nitrogens is 4. The van der Waals surface area contributed by atoms with Gasteiger partial charge < -0.3 is 10.2 Å². The van der Waals surface area contributed by atoms with E-state index in [1.54, 1.807) is 43.7 Å². The van der Waals surface area contributed by atoms with Crippen molar-refractivity contribution in [3.8, 4) is 0 Å². The number of hydrogen-bond donors (Lipinski definition) is 2. The molecule has 8 heteroatoms. The highest BCUT2D eigenvalue weighted by atomic mass is 16.2. The molecule has 0 aliphatic heterocycles.